The molecule has 0 aromatic heterocycles. The highest BCUT2D eigenvalue weighted by molar-refractivity contribution is 9.10. The Morgan fingerprint density at radius 3 is 2.71 bits per heavy atom. The predicted molar refractivity (Wildman–Crippen MR) is 98.7 cm³/mol. The van der Waals surface area contributed by atoms with Crippen molar-refractivity contribution in [3.8, 4) is 0 Å². The maximum Gasteiger partial charge on any atom is 0.245 e. The van der Waals surface area contributed by atoms with Crippen molar-refractivity contribution in [3.63, 3.8) is 0 Å². The maximum absolute atomic E-state index is 13.0. The molecule has 124 valence electrons. The Kier molecular flexibility index (Phi) is 4.39. The van der Waals surface area contributed by atoms with Gasteiger partial charge in [0.05, 0.1) is 0 Å². The number of hydrogen-bond acceptors (Lipinski definition) is 3. The number of carbonyl (C=O) groups is 1. The predicted octanol–water partition coefficient (Wildman–Crippen LogP) is 3.34. The number of carbonyl (C=O) groups excluding carboxylic acids is 1. The minimum atomic E-state index is -0.190. The smallest absolute Gasteiger partial charge is 0.245 e. The molecule has 2 N–H and O–H groups in total. The summed E-state index contributed by atoms with van der Waals surface area (Å²) in [6.07, 6.45) is 2.84. The molecule has 5 heteroatoms. The molecular weight excluding hydrogens is 366 g/mol. The van der Waals surface area contributed by atoms with Crippen LogP contribution in [0.4, 0.5) is 5.69 Å². The van der Waals surface area contributed by atoms with E-state index in [1.54, 1.807) is 0 Å². The van der Waals surface area contributed by atoms with E-state index >= 15 is 0 Å². The number of hydrogen-bond donors (Lipinski definition) is 2. The molecule has 1 saturated heterocycles. The van der Waals surface area contributed by atoms with E-state index in [0.29, 0.717) is 0 Å². The van der Waals surface area contributed by atoms with Crippen molar-refractivity contribution in [1.82, 2.24) is 10.9 Å². The molecule has 4 rings (SSSR count). The fourth-order valence-corrected chi connectivity index (χ4v) is 3.85. The fraction of sp³-hybridized carbons (Fsp3) is 0.316. The number of halogens is 1. The zero-order chi connectivity index (χ0) is 16.5. The number of benzene rings is 2. The van der Waals surface area contributed by atoms with Crippen molar-refractivity contribution in [1.29, 1.82) is 0 Å². The SMILES string of the molecule is O=C(C1CC(c2ccc(Br)cc2)NN1)N1CCCc2ccccc21. The van der Waals surface area contributed by atoms with Crippen molar-refractivity contribution in [2.24, 2.45) is 0 Å². The number of anilines is 1. The largest absolute Gasteiger partial charge is 0.311 e. The number of rotatable bonds is 2. The lowest BCUT2D eigenvalue weighted by atomic mass is 9.98. The van der Waals surface area contributed by atoms with Crippen LogP contribution in [0.2, 0.25) is 0 Å². The van der Waals surface area contributed by atoms with Crippen LogP contribution in [0.3, 0.4) is 0 Å². The monoisotopic (exact) mass is 385 g/mol. The van der Waals surface area contributed by atoms with Crippen LogP contribution >= 0.6 is 15.9 Å². The summed E-state index contributed by atoms with van der Waals surface area (Å²) in [7, 11) is 0. The molecule has 1 amide bonds. The topological polar surface area (TPSA) is 44.4 Å². The Labute approximate surface area is 150 Å². The summed E-state index contributed by atoms with van der Waals surface area (Å²) < 4.78 is 1.06. The molecule has 1 fully saturated rings. The van der Waals surface area contributed by atoms with Gasteiger partial charge in [0.25, 0.3) is 0 Å². The van der Waals surface area contributed by atoms with Crippen LogP contribution in [0, 0.1) is 0 Å². The van der Waals surface area contributed by atoms with Crippen LogP contribution < -0.4 is 15.8 Å². The van der Waals surface area contributed by atoms with Gasteiger partial charge in [-0.3, -0.25) is 4.79 Å². The van der Waals surface area contributed by atoms with E-state index in [4.69, 9.17) is 0 Å². The Hall–Kier alpha value is -1.69. The van der Waals surface area contributed by atoms with E-state index in [2.05, 4.69) is 51.0 Å². The molecule has 2 heterocycles. The van der Waals surface area contributed by atoms with Gasteiger partial charge in [-0.25, -0.2) is 10.9 Å². The zero-order valence-electron chi connectivity index (χ0n) is 13.3. The van der Waals surface area contributed by atoms with E-state index in [1.165, 1.54) is 11.1 Å². The van der Waals surface area contributed by atoms with Gasteiger partial charge in [-0.2, -0.15) is 0 Å². The Morgan fingerprint density at radius 1 is 1.08 bits per heavy atom. The van der Waals surface area contributed by atoms with Crippen LogP contribution in [0.1, 0.15) is 30.0 Å². The first-order valence-electron chi connectivity index (χ1n) is 8.38. The molecule has 0 spiro atoms. The number of nitrogens with one attached hydrogen (secondary N) is 2. The number of nitrogens with zero attached hydrogens (tertiary/aromatic N) is 1. The summed E-state index contributed by atoms with van der Waals surface area (Å²) in [5, 5.41) is 0. The summed E-state index contributed by atoms with van der Waals surface area (Å²) in [6.45, 7) is 0.803. The van der Waals surface area contributed by atoms with Gasteiger partial charge in [0.2, 0.25) is 5.91 Å². The first-order chi connectivity index (χ1) is 11.7. The lowest BCUT2D eigenvalue weighted by molar-refractivity contribution is -0.120. The Bertz CT molecular complexity index is 747. The van der Waals surface area contributed by atoms with E-state index in [0.717, 1.165) is 36.0 Å². The first-order valence-corrected chi connectivity index (χ1v) is 9.17. The lowest BCUT2D eigenvalue weighted by Gasteiger charge is -2.31. The van der Waals surface area contributed by atoms with Crippen molar-refractivity contribution in [3.05, 3.63) is 64.1 Å². The molecule has 0 bridgehead atoms. The molecule has 24 heavy (non-hydrogen) atoms. The number of fused-ring (bicyclic) bond motifs is 1. The van der Waals surface area contributed by atoms with E-state index < -0.39 is 0 Å². The molecule has 2 aromatic carbocycles. The third-order valence-corrected chi connectivity index (χ3v) is 5.38. The number of hydrazine groups is 1. The second-order valence-corrected chi connectivity index (χ2v) is 7.32. The number of amides is 1. The molecule has 2 aliphatic heterocycles. The van der Waals surface area contributed by atoms with Crippen LogP contribution in [0.15, 0.2) is 53.0 Å². The highest BCUT2D eigenvalue weighted by atomic mass is 79.9. The number of aryl methyl sites for hydroxylation is 1. The lowest BCUT2D eigenvalue weighted by Crippen LogP contribution is -2.47. The van der Waals surface area contributed by atoms with Gasteiger partial charge in [0.1, 0.15) is 6.04 Å². The average Bonchev–Trinajstić information content (AvgIpc) is 3.11. The third-order valence-electron chi connectivity index (χ3n) is 4.85. The van der Waals surface area contributed by atoms with E-state index in [9.17, 15) is 4.79 Å². The molecular formula is C19H20BrN3O. The molecule has 0 aliphatic carbocycles. The molecule has 2 unspecified atom stereocenters. The quantitative estimate of drug-likeness (QED) is 0.832. The molecule has 4 nitrogen and oxygen atoms in total. The number of para-hydroxylation sites is 1. The summed E-state index contributed by atoms with van der Waals surface area (Å²) in [5.74, 6) is 0.161. The van der Waals surface area contributed by atoms with Crippen LogP contribution in [-0.4, -0.2) is 18.5 Å². The van der Waals surface area contributed by atoms with Gasteiger partial charge in [-0.15, -0.1) is 0 Å². The van der Waals surface area contributed by atoms with Crippen LogP contribution in [-0.2, 0) is 11.2 Å². The van der Waals surface area contributed by atoms with Crippen LogP contribution in [0.25, 0.3) is 0 Å². The van der Waals surface area contributed by atoms with Crippen molar-refractivity contribution in [2.45, 2.75) is 31.3 Å². The van der Waals surface area contributed by atoms with Crippen molar-refractivity contribution in [2.75, 3.05) is 11.4 Å². The zero-order valence-corrected chi connectivity index (χ0v) is 14.9. The highest BCUT2D eigenvalue weighted by Gasteiger charge is 2.34. The van der Waals surface area contributed by atoms with Crippen LogP contribution in [0.5, 0.6) is 0 Å². The summed E-state index contributed by atoms with van der Waals surface area (Å²) in [6, 6.07) is 16.5. The van der Waals surface area contributed by atoms with Gasteiger partial charge in [-0.05, 0) is 48.6 Å². The van der Waals surface area contributed by atoms with Gasteiger partial charge < -0.3 is 4.90 Å². The molecule has 2 aliphatic rings. The molecule has 0 saturated carbocycles. The van der Waals surface area contributed by atoms with Gasteiger partial charge in [0, 0.05) is 22.7 Å². The summed E-state index contributed by atoms with van der Waals surface area (Å²) in [5.41, 5.74) is 10.0. The minimum absolute atomic E-state index is 0.159. The second-order valence-electron chi connectivity index (χ2n) is 6.40. The van der Waals surface area contributed by atoms with E-state index in [-0.39, 0.29) is 18.0 Å². The Balaban J connectivity index is 1.49. The highest BCUT2D eigenvalue weighted by Crippen LogP contribution is 2.30. The van der Waals surface area contributed by atoms with Crippen molar-refractivity contribution >= 4 is 27.5 Å². The van der Waals surface area contributed by atoms with Crippen molar-refractivity contribution < 1.29 is 4.79 Å². The standard InChI is InChI=1S/C19H20BrN3O/c20-15-9-7-13(8-10-15)16-12-17(22-21-16)19(24)23-11-3-5-14-4-1-2-6-18(14)23/h1-2,4,6-10,16-17,21-22H,3,5,11-12H2. The summed E-state index contributed by atoms with van der Waals surface area (Å²) >= 11 is 3.46. The Morgan fingerprint density at radius 2 is 1.88 bits per heavy atom. The average molecular weight is 386 g/mol. The molecule has 0 radical (unpaired) electrons. The maximum atomic E-state index is 13.0. The third kappa shape index (κ3) is 2.99. The summed E-state index contributed by atoms with van der Waals surface area (Å²) in [4.78, 5) is 15.0. The van der Waals surface area contributed by atoms with Gasteiger partial charge >= 0.3 is 0 Å². The molecule has 2 aromatic rings. The second kappa shape index (κ2) is 6.67. The van der Waals surface area contributed by atoms with E-state index in [1.807, 2.05) is 29.2 Å². The fourth-order valence-electron chi connectivity index (χ4n) is 3.58. The van der Waals surface area contributed by atoms with Gasteiger partial charge in [0.15, 0.2) is 0 Å². The minimum Gasteiger partial charge on any atom is -0.311 e. The van der Waals surface area contributed by atoms with Gasteiger partial charge in [-0.1, -0.05) is 46.3 Å². The first kappa shape index (κ1) is 15.8. The molecule has 2 atom stereocenters. The normalized spacial score (nSPS) is 23.1.